The van der Waals surface area contributed by atoms with Gasteiger partial charge in [-0.2, -0.15) is 0 Å². The van der Waals surface area contributed by atoms with Gasteiger partial charge in [0, 0.05) is 48.6 Å². The van der Waals surface area contributed by atoms with E-state index in [-0.39, 0.29) is 18.1 Å². The summed E-state index contributed by atoms with van der Waals surface area (Å²) >= 11 is 1.32. The predicted octanol–water partition coefficient (Wildman–Crippen LogP) is 6.80. The van der Waals surface area contributed by atoms with Gasteiger partial charge in [0.25, 0.3) is 11.8 Å². The highest BCUT2D eigenvalue weighted by molar-refractivity contribution is 7.14. The first-order valence-electron chi connectivity index (χ1n) is 13.9. The zero-order chi connectivity index (χ0) is 30.6. The molecule has 8 nitrogen and oxygen atoms in total. The smallest absolute Gasteiger partial charge is 0.253 e. The lowest BCUT2D eigenvalue weighted by Crippen LogP contribution is -2.46. The normalized spacial score (nSPS) is 12.7. The third-order valence-electron chi connectivity index (χ3n) is 6.26. The van der Waals surface area contributed by atoms with Crippen molar-refractivity contribution in [3.8, 4) is 11.3 Å². The first-order valence-corrected chi connectivity index (χ1v) is 14.8. The van der Waals surface area contributed by atoms with Crippen LogP contribution >= 0.6 is 11.3 Å². The Hall–Kier alpha value is -3.56. The fourth-order valence-corrected chi connectivity index (χ4v) is 4.21. The zero-order valence-electron chi connectivity index (χ0n) is 25.8. The van der Waals surface area contributed by atoms with Crippen LogP contribution < -0.4 is 10.6 Å². The van der Waals surface area contributed by atoms with E-state index in [1.54, 1.807) is 19.3 Å². The molecule has 9 heteroatoms. The highest BCUT2D eigenvalue weighted by atomic mass is 32.1. The van der Waals surface area contributed by atoms with Gasteiger partial charge in [0.05, 0.1) is 23.6 Å². The number of hydrogen-bond donors (Lipinski definition) is 2. The van der Waals surface area contributed by atoms with Crippen molar-refractivity contribution in [3.05, 3.63) is 71.4 Å². The fourth-order valence-electron chi connectivity index (χ4n) is 3.49. The minimum absolute atomic E-state index is 0.0297. The van der Waals surface area contributed by atoms with Crippen LogP contribution in [0.3, 0.4) is 0 Å². The quantitative estimate of drug-likeness (QED) is 0.258. The van der Waals surface area contributed by atoms with Crippen molar-refractivity contribution >= 4 is 34.0 Å². The number of rotatable bonds is 10. The lowest BCUT2D eigenvalue weighted by molar-refractivity contribution is -0.119. The third kappa shape index (κ3) is 10.4. The van der Waals surface area contributed by atoms with Crippen LogP contribution in [0.4, 0.5) is 5.13 Å². The van der Waals surface area contributed by atoms with E-state index >= 15 is 0 Å². The first kappa shape index (κ1) is 33.6. The van der Waals surface area contributed by atoms with Crippen LogP contribution in [0.25, 0.3) is 11.3 Å². The van der Waals surface area contributed by atoms with Crippen LogP contribution in [-0.2, 0) is 15.1 Å². The number of methoxy groups -OCH3 is 1. The number of nitrogens with one attached hydrogen (secondary N) is 2. The van der Waals surface area contributed by atoms with E-state index in [2.05, 4.69) is 41.4 Å². The first-order chi connectivity index (χ1) is 19.4. The molecule has 0 saturated heterocycles. The van der Waals surface area contributed by atoms with Gasteiger partial charge in [-0.1, -0.05) is 51.5 Å². The molecule has 3 rings (SSSR count). The van der Waals surface area contributed by atoms with E-state index in [0.717, 1.165) is 28.5 Å². The van der Waals surface area contributed by atoms with Crippen LogP contribution in [0.1, 0.15) is 70.8 Å². The average molecular weight is 580 g/mol. The van der Waals surface area contributed by atoms with Crippen molar-refractivity contribution in [2.75, 3.05) is 26.1 Å². The number of carbonyl (C=O) groups is 2. The van der Waals surface area contributed by atoms with Gasteiger partial charge in [-0.05, 0) is 51.8 Å². The molecule has 1 atom stereocenters. The van der Waals surface area contributed by atoms with Crippen molar-refractivity contribution in [2.24, 2.45) is 10.9 Å². The number of carbonyl (C=O) groups excluding carboxylic acids is 2. The number of aromatic nitrogens is 2. The Balaban J connectivity index is 0.00000108. The Morgan fingerprint density at radius 2 is 1.90 bits per heavy atom. The summed E-state index contributed by atoms with van der Waals surface area (Å²) in [7, 11) is 3.24. The van der Waals surface area contributed by atoms with Gasteiger partial charge in [0.15, 0.2) is 5.13 Å². The molecule has 0 bridgehead atoms. The molecular weight excluding hydrogens is 534 g/mol. The molecule has 0 fully saturated rings. The summed E-state index contributed by atoms with van der Waals surface area (Å²) in [6.45, 7) is 14.8. The maximum absolute atomic E-state index is 13.0. The largest absolute Gasteiger partial charge is 0.382 e. The number of ether oxygens (including phenoxy) is 1. The summed E-state index contributed by atoms with van der Waals surface area (Å²) in [6, 6.07) is 8.78. The molecule has 3 aromatic rings. The molecule has 2 heterocycles. The topological polar surface area (TPSA) is 97.6 Å². The molecule has 2 aromatic heterocycles. The second-order valence-electron chi connectivity index (χ2n) is 11.0. The standard InChI is InChI=1S/C27H33N5O3S.C5H12/c1-7-9-21(28-5)18-10-8-11-19(14-18)23-17-36-26(30-23)31-25(34)22(16-35-6)29-24(33)20-12-13-32(15-20)27(2,3)4;1-4-5(2)3/h7-15,17,22H,16H2,1-6H3,(H,29,33)(H,30,31,34);5H,4H2,1-3H3/b9-7-,28-21?;. The summed E-state index contributed by atoms with van der Waals surface area (Å²) in [5, 5.41) is 7.89. The van der Waals surface area contributed by atoms with Crippen LogP contribution in [-0.4, -0.2) is 53.9 Å². The summed E-state index contributed by atoms with van der Waals surface area (Å²) in [5.74, 6) is 0.139. The molecule has 41 heavy (non-hydrogen) atoms. The van der Waals surface area contributed by atoms with E-state index < -0.39 is 11.9 Å². The Labute approximate surface area is 249 Å². The van der Waals surface area contributed by atoms with Gasteiger partial charge in [0.2, 0.25) is 0 Å². The molecule has 1 unspecified atom stereocenters. The summed E-state index contributed by atoms with van der Waals surface area (Å²) in [6.07, 6.45) is 8.82. The highest BCUT2D eigenvalue weighted by Gasteiger charge is 2.24. The minimum atomic E-state index is -0.875. The molecule has 0 aliphatic rings. The van der Waals surface area contributed by atoms with Crippen molar-refractivity contribution < 1.29 is 14.3 Å². The van der Waals surface area contributed by atoms with Crippen molar-refractivity contribution in [2.45, 2.75) is 66.5 Å². The second kappa shape index (κ2) is 16.0. The third-order valence-corrected chi connectivity index (χ3v) is 7.01. The Morgan fingerprint density at radius 1 is 1.20 bits per heavy atom. The maximum Gasteiger partial charge on any atom is 0.253 e. The summed E-state index contributed by atoms with van der Waals surface area (Å²) in [4.78, 5) is 34.7. The number of hydrogen-bond acceptors (Lipinski definition) is 6. The van der Waals surface area contributed by atoms with E-state index in [0.29, 0.717) is 10.7 Å². The van der Waals surface area contributed by atoms with Crippen LogP contribution in [0.15, 0.2) is 65.3 Å². The van der Waals surface area contributed by atoms with E-state index in [9.17, 15) is 9.59 Å². The molecule has 0 aliphatic carbocycles. The number of benzene rings is 1. The molecule has 0 radical (unpaired) electrons. The van der Waals surface area contributed by atoms with E-state index in [1.165, 1.54) is 24.9 Å². The molecule has 0 spiro atoms. The monoisotopic (exact) mass is 579 g/mol. The number of aliphatic imine (C=N–C) groups is 1. The van der Waals surface area contributed by atoms with Crippen LogP contribution in [0, 0.1) is 5.92 Å². The summed E-state index contributed by atoms with van der Waals surface area (Å²) in [5.41, 5.74) is 3.84. The zero-order valence-corrected chi connectivity index (χ0v) is 26.6. The highest BCUT2D eigenvalue weighted by Crippen LogP contribution is 2.26. The van der Waals surface area contributed by atoms with Crippen molar-refractivity contribution in [1.82, 2.24) is 14.9 Å². The SMILES string of the molecule is C/C=C\C(=NC)c1cccc(-c2csc(NC(=O)C(COC)NC(=O)c3ccn(C(C)(C)C)c3)n2)c1.CCC(C)C. The van der Waals surface area contributed by atoms with Gasteiger partial charge in [-0.3, -0.25) is 14.6 Å². The van der Waals surface area contributed by atoms with Gasteiger partial charge >= 0.3 is 0 Å². The van der Waals surface area contributed by atoms with Crippen molar-refractivity contribution in [1.29, 1.82) is 0 Å². The molecule has 2 amide bonds. The number of thiazole rings is 1. The number of nitrogens with zero attached hydrogens (tertiary/aromatic N) is 3. The lowest BCUT2D eigenvalue weighted by atomic mass is 10.0. The fraction of sp³-hybridized carbons (Fsp3) is 0.438. The number of anilines is 1. The molecule has 222 valence electrons. The number of amides is 2. The molecule has 0 saturated carbocycles. The maximum atomic E-state index is 13.0. The Kier molecular flexibility index (Phi) is 13.2. The molecule has 1 aromatic carbocycles. The second-order valence-corrected chi connectivity index (χ2v) is 11.8. The predicted molar refractivity (Wildman–Crippen MR) is 171 cm³/mol. The minimum Gasteiger partial charge on any atom is -0.382 e. The average Bonchev–Trinajstić information content (AvgIpc) is 3.62. The van der Waals surface area contributed by atoms with Crippen molar-refractivity contribution in [3.63, 3.8) is 0 Å². The van der Waals surface area contributed by atoms with Gasteiger partial charge < -0.3 is 19.9 Å². The summed E-state index contributed by atoms with van der Waals surface area (Å²) < 4.78 is 7.14. The van der Waals surface area contributed by atoms with Gasteiger partial charge in [-0.25, -0.2) is 4.98 Å². The van der Waals surface area contributed by atoms with Crippen LogP contribution in [0.2, 0.25) is 0 Å². The van der Waals surface area contributed by atoms with E-state index in [1.807, 2.05) is 80.3 Å². The molecule has 0 aliphatic heterocycles. The van der Waals surface area contributed by atoms with Gasteiger partial charge in [-0.15, -0.1) is 11.3 Å². The van der Waals surface area contributed by atoms with E-state index in [4.69, 9.17) is 4.74 Å². The Bertz CT molecular complexity index is 1330. The molecule has 2 N–H and O–H groups in total. The number of allylic oxidation sites excluding steroid dienone is 2. The molecular formula is C32H45N5O3S. The lowest BCUT2D eigenvalue weighted by Gasteiger charge is -2.21. The van der Waals surface area contributed by atoms with Crippen LogP contribution in [0.5, 0.6) is 0 Å². The Morgan fingerprint density at radius 3 is 2.46 bits per heavy atom. The van der Waals surface area contributed by atoms with Gasteiger partial charge in [0.1, 0.15) is 6.04 Å².